The van der Waals surface area contributed by atoms with Crippen LogP contribution in [0.15, 0.2) is 110 Å². The first-order valence-electron chi connectivity index (χ1n) is 11.5. The van der Waals surface area contributed by atoms with E-state index in [1.807, 2.05) is 48.5 Å². The first-order chi connectivity index (χ1) is 18.5. The van der Waals surface area contributed by atoms with Crippen LogP contribution in [-0.4, -0.2) is 20.9 Å². The number of aliphatic imine (C=N–C) groups is 1. The van der Waals surface area contributed by atoms with Crippen LogP contribution in [-0.2, 0) is 17.9 Å². The molecule has 1 fully saturated rings. The summed E-state index contributed by atoms with van der Waals surface area (Å²) in [6, 6.07) is 24.8. The third-order valence-electron chi connectivity index (χ3n) is 5.54. The molecular weight excluding hydrogens is 570 g/mol. The summed E-state index contributed by atoms with van der Waals surface area (Å²) in [4.78, 5) is 31.0. The number of nitro benzene ring substituents is 1. The lowest BCUT2D eigenvalue weighted by atomic mass is 10.1. The summed E-state index contributed by atoms with van der Waals surface area (Å²) in [5.74, 6) is 0.974. The highest BCUT2D eigenvalue weighted by atomic mass is 79.9. The second-order valence-corrected chi connectivity index (χ2v) is 10.1. The Bertz CT molecular complexity index is 1540. The molecule has 0 saturated carbocycles. The van der Waals surface area contributed by atoms with Crippen LogP contribution < -0.4 is 4.74 Å². The van der Waals surface area contributed by atoms with Crippen LogP contribution in [0.5, 0.6) is 5.75 Å². The number of amidine groups is 1. The van der Waals surface area contributed by atoms with Gasteiger partial charge in [0.2, 0.25) is 0 Å². The number of nitrogens with zero attached hydrogens (tertiary/aromatic N) is 3. The average Bonchev–Trinajstić information content (AvgIpc) is 3.53. The van der Waals surface area contributed by atoms with E-state index in [0.717, 1.165) is 10.2 Å². The number of non-ortho nitro benzene ring substituents is 1. The van der Waals surface area contributed by atoms with Crippen molar-refractivity contribution in [2.24, 2.45) is 4.99 Å². The first-order valence-corrected chi connectivity index (χ1v) is 13.1. The largest absolute Gasteiger partial charge is 0.488 e. The molecule has 5 rings (SSSR count). The number of hydrogen-bond donors (Lipinski definition) is 0. The van der Waals surface area contributed by atoms with E-state index in [-0.39, 0.29) is 24.7 Å². The summed E-state index contributed by atoms with van der Waals surface area (Å²) in [6.07, 6.45) is 3.34. The number of hydrogen-bond acceptors (Lipinski definition) is 7. The Hall–Kier alpha value is -4.15. The lowest BCUT2D eigenvalue weighted by Gasteiger charge is -2.14. The van der Waals surface area contributed by atoms with Crippen molar-refractivity contribution >= 4 is 56.2 Å². The number of thioether (sulfide) groups is 1. The molecule has 0 aliphatic carbocycles. The van der Waals surface area contributed by atoms with Crippen LogP contribution in [0.1, 0.15) is 16.9 Å². The molecule has 2 heterocycles. The Morgan fingerprint density at radius 3 is 2.66 bits per heavy atom. The van der Waals surface area contributed by atoms with Crippen molar-refractivity contribution < 1.29 is 18.9 Å². The molecule has 0 unspecified atom stereocenters. The van der Waals surface area contributed by atoms with Gasteiger partial charge in [0.25, 0.3) is 11.6 Å². The van der Waals surface area contributed by atoms with Gasteiger partial charge in [-0.3, -0.25) is 19.8 Å². The SMILES string of the molecule is O=C1/C(=C/c2cc(Br)ccc2OCc2cccc([N+](=O)[O-])c2)SC(=Nc2ccccc2)N1Cc1ccco1. The molecule has 190 valence electrons. The van der Waals surface area contributed by atoms with Gasteiger partial charge in [-0.2, -0.15) is 0 Å². The molecule has 1 aliphatic heterocycles. The summed E-state index contributed by atoms with van der Waals surface area (Å²) in [7, 11) is 0. The van der Waals surface area contributed by atoms with Gasteiger partial charge < -0.3 is 9.15 Å². The number of carbonyl (C=O) groups is 1. The Morgan fingerprint density at radius 1 is 1.05 bits per heavy atom. The molecule has 0 bridgehead atoms. The van der Waals surface area contributed by atoms with Gasteiger partial charge >= 0.3 is 0 Å². The van der Waals surface area contributed by atoms with Gasteiger partial charge in [0.15, 0.2) is 5.17 Å². The van der Waals surface area contributed by atoms with E-state index in [1.54, 1.807) is 41.5 Å². The van der Waals surface area contributed by atoms with Crippen molar-refractivity contribution in [1.29, 1.82) is 0 Å². The monoisotopic (exact) mass is 589 g/mol. The maximum absolute atomic E-state index is 13.5. The van der Waals surface area contributed by atoms with Gasteiger partial charge in [0.05, 0.1) is 28.3 Å². The number of rotatable bonds is 8. The smallest absolute Gasteiger partial charge is 0.269 e. The number of furan rings is 1. The molecule has 1 aliphatic rings. The predicted molar refractivity (Wildman–Crippen MR) is 150 cm³/mol. The average molecular weight is 590 g/mol. The van der Waals surface area contributed by atoms with Crippen molar-refractivity contribution in [2.45, 2.75) is 13.2 Å². The number of halogens is 1. The number of amides is 1. The van der Waals surface area contributed by atoms with E-state index in [0.29, 0.717) is 32.7 Å². The fourth-order valence-electron chi connectivity index (χ4n) is 3.73. The summed E-state index contributed by atoms with van der Waals surface area (Å²) in [5, 5.41) is 11.6. The predicted octanol–water partition coefficient (Wildman–Crippen LogP) is 7.33. The van der Waals surface area contributed by atoms with Crippen LogP contribution in [0.3, 0.4) is 0 Å². The van der Waals surface area contributed by atoms with Crippen molar-refractivity contribution in [2.75, 3.05) is 0 Å². The van der Waals surface area contributed by atoms with E-state index < -0.39 is 4.92 Å². The molecule has 3 aromatic carbocycles. The number of benzene rings is 3. The Kier molecular flexibility index (Phi) is 7.71. The van der Waals surface area contributed by atoms with E-state index in [9.17, 15) is 14.9 Å². The molecule has 8 nitrogen and oxygen atoms in total. The van der Waals surface area contributed by atoms with Crippen LogP contribution in [0.4, 0.5) is 11.4 Å². The molecule has 1 saturated heterocycles. The number of carbonyl (C=O) groups excluding carboxylic acids is 1. The van der Waals surface area contributed by atoms with Crippen LogP contribution in [0.25, 0.3) is 6.08 Å². The fourth-order valence-corrected chi connectivity index (χ4v) is 5.10. The molecule has 1 aromatic heterocycles. The van der Waals surface area contributed by atoms with Crippen LogP contribution in [0.2, 0.25) is 0 Å². The summed E-state index contributed by atoms with van der Waals surface area (Å²) >= 11 is 4.76. The van der Waals surface area contributed by atoms with E-state index in [1.165, 1.54) is 23.9 Å². The Morgan fingerprint density at radius 2 is 1.89 bits per heavy atom. The molecule has 0 N–H and O–H groups in total. The third-order valence-corrected chi connectivity index (χ3v) is 7.04. The number of ether oxygens (including phenoxy) is 1. The fraction of sp³-hybridized carbons (Fsp3) is 0.0714. The van der Waals surface area contributed by atoms with Gasteiger partial charge in [0, 0.05) is 22.2 Å². The van der Waals surface area contributed by atoms with Crippen molar-refractivity contribution in [1.82, 2.24) is 4.90 Å². The molecule has 0 atom stereocenters. The molecular formula is C28H20BrN3O5S. The van der Waals surface area contributed by atoms with E-state index >= 15 is 0 Å². The van der Waals surface area contributed by atoms with E-state index in [4.69, 9.17) is 14.1 Å². The zero-order chi connectivity index (χ0) is 26.5. The quantitative estimate of drug-likeness (QED) is 0.121. The maximum atomic E-state index is 13.5. The number of para-hydroxylation sites is 1. The second-order valence-electron chi connectivity index (χ2n) is 8.21. The normalized spacial score (nSPS) is 15.4. The molecule has 0 spiro atoms. The lowest BCUT2D eigenvalue weighted by Crippen LogP contribution is -2.28. The van der Waals surface area contributed by atoms with Gasteiger partial charge in [0.1, 0.15) is 18.1 Å². The lowest BCUT2D eigenvalue weighted by molar-refractivity contribution is -0.384. The minimum Gasteiger partial charge on any atom is -0.488 e. The highest BCUT2D eigenvalue weighted by Crippen LogP contribution is 2.37. The maximum Gasteiger partial charge on any atom is 0.269 e. The first kappa shape index (κ1) is 25.5. The molecule has 38 heavy (non-hydrogen) atoms. The molecule has 4 aromatic rings. The zero-order valence-electron chi connectivity index (χ0n) is 19.8. The van der Waals surface area contributed by atoms with Gasteiger partial charge in [-0.05, 0) is 65.9 Å². The zero-order valence-corrected chi connectivity index (χ0v) is 22.2. The van der Waals surface area contributed by atoms with Crippen LogP contribution >= 0.6 is 27.7 Å². The number of nitro groups is 1. The van der Waals surface area contributed by atoms with E-state index in [2.05, 4.69) is 15.9 Å². The Labute approximate surface area is 230 Å². The van der Waals surface area contributed by atoms with Crippen molar-refractivity contribution in [3.05, 3.63) is 128 Å². The standard InChI is InChI=1S/C28H20BrN3O5S/c29-21-11-12-25(37-18-19-6-4-9-23(14-19)32(34)35)20(15-21)16-26-27(33)31(17-24-10-5-13-36-24)28(38-26)30-22-7-2-1-3-8-22/h1-16H,17-18H2/b26-16-,30-28?. The summed E-state index contributed by atoms with van der Waals surface area (Å²) < 4.78 is 12.3. The van der Waals surface area contributed by atoms with Crippen LogP contribution in [0, 0.1) is 10.1 Å². The third kappa shape index (κ3) is 6.04. The molecule has 1 amide bonds. The van der Waals surface area contributed by atoms with Crippen molar-refractivity contribution in [3.63, 3.8) is 0 Å². The summed E-state index contributed by atoms with van der Waals surface area (Å²) in [6.45, 7) is 0.377. The minimum atomic E-state index is -0.440. The Balaban J connectivity index is 1.44. The minimum absolute atomic E-state index is 0.000851. The highest BCUT2D eigenvalue weighted by molar-refractivity contribution is 9.10. The second kappa shape index (κ2) is 11.5. The van der Waals surface area contributed by atoms with Gasteiger partial charge in [-0.1, -0.05) is 46.3 Å². The highest BCUT2D eigenvalue weighted by Gasteiger charge is 2.34. The van der Waals surface area contributed by atoms with Gasteiger partial charge in [-0.15, -0.1) is 0 Å². The van der Waals surface area contributed by atoms with Gasteiger partial charge in [-0.25, -0.2) is 4.99 Å². The molecule has 0 radical (unpaired) electrons. The summed E-state index contributed by atoms with van der Waals surface area (Å²) in [5.41, 5.74) is 2.07. The van der Waals surface area contributed by atoms with Crippen molar-refractivity contribution in [3.8, 4) is 5.75 Å². The molecule has 10 heteroatoms. The topological polar surface area (TPSA) is 98.2 Å².